The first-order valence-electron chi connectivity index (χ1n) is 8.04. The lowest BCUT2D eigenvalue weighted by Crippen LogP contribution is -2.29. The van der Waals surface area contributed by atoms with Gasteiger partial charge in [0.1, 0.15) is 0 Å². The molecule has 0 unspecified atom stereocenters. The third kappa shape index (κ3) is 43.0. The van der Waals surface area contributed by atoms with Crippen molar-refractivity contribution in [3.63, 3.8) is 0 Å². The highest BCUT2D eigenvalue weighted by Gasteiger charge is 1.99. The monoisotopic (exact) mass is 402 g/mol. The molecule has 0 aromatic rings. The average Bonchev–Trinajstić information content (AvgIpc) is 2.46. The van der Waals surface area contributed by atoms with E-state index in [1.807, 2.05) is 13.8 Å². The van der Waals surface area contributed by atoms with Crippen LogP contribution in [0.1, 0.15) is 53.4 Å². The summed E-state index contributed by atoms with van der Waals surface area (Å²) in [6.45, 7) is 10.4. The van der Waals surface area contributed by atoms with Crippen molar-refractivity contribution in [1.29, 1.82) is 0 Å². The van der Waals surface area contributed by atoms with E-state index in [9.17, 15) is 0 Å². The summed E-state index contributed by atoms with van der Waals surface area (Å²) in [5.74, 6) is 0.360. The van der Waals surface area contributed by atoms with Crippen LogP contribution in [0.5, 0.6) is 0 Å². The second kappa shape index (κ2) is 22.7. The molecule has 0 radical (unpaired) electrons. The fraction of sp³-hybridized carbons (Fsp3) is 0.857. The molecule has 0 bridgehead atoms. The number of unbranched alkanes of at least 4 members (excludes halogenated alkanes) is 2. The molecule has 24 heavy (non-hydrogen) atoms. The lowest BCUT2D eigenvalue weighted by Gasteiger charge is -2.04. The van der Waals surface area contributed by atoms with Gasteiger partial charge in [-0.25, -0.2) is 0 Å². The van der Waals surface area contributed by atoms with Gasteiger partial charge in [0, 0.05) is 13.1 Å². The summed E-state index contributed by atoms with van der Waals surface area (Å²) in [5, 5.41) is 6.51. The lowest BCUT2D eigenvalue weighted by molar-refractivity contribution is 0.226. The zero-order valence-electron chi connectivity index (χ0n) is 15.2. The van der Waals surface area contributed by atoms with Gasteiger partial charge in [-0.2, -0.15) is 0 Å². The SMILES string of the molecule is CC(C)COP(O)O.CCCCNC(N)=S.CCCCNC(N)=S. The Bertz CT molecular complexity index is 271. The van der Waals surface area contributed by atoms with Crippen LogP contribution in [-0.2, 0) is 4.52 Å². The summed E-state index contributed by atoms with van der Waals surface area (Å²) >= 11 is 9.15. The van der Waals surface area contributed by atoms with Crippen LogP contribution in [0.2, 0.25) is 0 Å². The number of rotatable bonds is 9. The Morgan fingerprint density at radius 2 is 1.38 bits per heavy atom. The van der Waals surface area contributed by atoms with E-state index in [1.54, 1.807) is 0 Å². The van der Waals surface area contributed by atoms with Crippen molar-refractivity contribution >= 4 is 43.3 Å². The minimum atomic E-state index is -2.13. The van der Waals surface area contributed by atoms with Gasteiger partial charge in [0.25, 0.3) is 0 Å². The maximum absolute atomic E-state index is 8.20. The molecule has 0 aliphatic rings. The Morgan fingerprint density at radius 1 is 1.00 bits per heavy atom. The van der Waals surface area contributed by atoms with Crippen LogP contribution in [0.25, 0.3) is 0 Å². The minimum absolute atomic E-state index is 0.360. The second-order valence-corrected chi connectivity index (χ2v) is 6.87. The molecule has 0 heterocycles. The lowest BCUT2D eigenvalue weighted by atomic mass is 10.2. The molecular formula is C14H35N4O3PS2. The summed E-state index contributed by atoms with van der Waals surface area (Å²) in [5.41, 5.74) is 10.3. The third-order valence-electron chi connectivity index (χ3n) is 2.18. The molecule has 8 N–H and O–H groups in total. The minimum Gasteiger partial charge on any atom is -0.376 e. The number of nitrogens with one attached hydrogen (secondary N) is 2. The highest BCUT2D eigenvalue weighted by molar-refractivity contribution is 7.80. The summed E-state index contributed by atoms with van der Waals surface area (Å²) < 4.78 is 4.48. The van der Waals surface area contributed by atoms with Crippen molar-refractivity contribution in [1.82, 2.24) is 10.6 Å². The van der Waals surface area contributed by atoms with Gasteiger partial charge in [-0.15, -0.1) is 0 Å². The molecule has 10 heteroatoms. The van der Waals surface area contributed by atoms with Gasteiger partial charge in [-0.3, -0.25) is 0 Å². The third-order valence-corrected chi connectivity index (χ3v) is 2.85. The van der Waals surface area contributed by atoms with Crippen molar-refractivity contribution in [3.05, 3.63) is 0 Å². The van der Waals surface area contributed by atoms with Crippen molar-refractivity contribution < 1.29 is 14.3 Å². The highest BCUT2D eigenvalue weighted by Crippen LogP contribution is 2.24. The molecule has 146 valence electrons. The van der Waals surface area contributed by atoms with Crippen LogP contribution in [-0.4, -0.2) is 39.7 Å². The van der Waals surface area contributed by atoms with E-state index in [2.05, 4.69) is 53.4 Å². The van der Waals surface area contributed by atoms with Crippen molar-refractivity contribution in [2.24, 2.45) is 17.4 Å². The van der Waals surface area contributed by atoms with E-state index in [0.717, 1.165) is 25.9 Å². The fourth-order valence-electron chi connectivity index (χ4n) is 0.992. The van der Waals surface area contributed by atoms with Gasteiger partial charge >= 0.3 is 8.60 Å². The average molecular weight is 403 g/mol. The molecule has 0 saturated heterocycles. The number of nitrogens with two attached hydrogens (primary N) is 2. The number of hydrogen-bond donors (Lipinski definition) is 6. The second-order valence-electron chi connectivity index (χ2n) is 5.23. The van der Waals surface area contributed by atoms with Crippen LogP contribution in [0, 0.1) is 5.92 Å². The quantitative estimate of drug-likeness (QED) is 0.195. The van der Waals surface area contributed by atoms with Crippen LogP contribution in [0.3, 0.4) is 0 Å². The largest absolute Gasteiger partial charge is 0.376 e. The first kappa shape index (κ1) is 28.5. The van der Waals surface area contributed by atoms with Crippen LogP contribution >= 0.6 is 33.0 Å². The van der Waals surface area contributed by atoms with Crippen LogP contribution < -0.4 is 22.1 Å². The van der Waals surface area contributed by atoms with Gasteiger partial charge < -0.3 is 36.4 Å². The predicted molar refractivity (Wildman–Crippen MR) is 112 cm³/mol. The molecular weight excluding hydrogens is 367 g/mol. The fourth-order valence-corrected chi connectivity index (χ4v) is 1.63. The summed E-state index contributed by atoms with van der Waals surface area (Å²) in [6.07, 6.45) is 4.62. The Labute approximate surface area is 158 Å². The van der Waals surface area contributed by atoms with Crippen molar-refractivity contribution in [2.45, 2.75) is 53.4 Å². The maximum Gasteiger partial charge on any atom is 0.327 e. The Balaban J connectivity index is -0.000000276. The molecule has 0 fully saturated rings. The van der Waals surface area contributed by atoms with Crippen LogP contribution in [0.15, 0.2) is 0 Å². The van der Waals surface area contributed by atoms with E-state index in [4.69, 9.17) is 21.3 Å². The molecule has 0 aromatic carbocycles. The van der Waals surface area contributed by atoms with Crippen molar-refractivity contribution in [2.75, 3.05) is 19.7 Å². The topological polar surface area (TPSA) is 126 Å². The molecule has 0 amide bonds. The highest BCUT2D eigenvalue weighted by atomic mass is 32.1. The molecule has 0 saturated carbocycles. The maximum atomic E-state index is 8.20. The van der Waals surface area contributed by atoms with E-state index in [-0.39, 0.29) is 0 Å². The standard InChI is InChI=1S/2C5H12N2S.C4H11O3P/c2*1-2-3-4-7-5(6)8;1-4(2)3-7-8(5)6/h2*2-4H2,1H3,(H3,6,7,8);4-6H,3H2,1-2H3. The molecule has 0 spiro atoms. The number of hydrogen-bond acceptors (Lipinski definition) is 5. The first-order valence-corrected chi connectivity index (χ1v) is 10.0. The Kier molecular flexibility index (Phi) is 26.9. The van der Waals surface area contributed by atoms with E-state index in [1.165, 1.54) is 12.8 Å². The van der Waals surface area contributed by atoms with Gasteiger partial charge in [0.15, 0.2) is 10.2 Å². The molecule has 0 aromatic heterocycles. The smallest absolute Gasteiger partial charge is 0.327 e. The zero-order chi connectivity index (χ0) is 19.4. The van der Waals surface area contributed by atoms with E-state index < -0.39 is 8.60 Å². The molecule has 0 aliphatic heterocycles. The number of thiocarbonyl (C=S) groups is 2. The summed E-state index contributed by atoms with van der Waals surface area (Å²) in [4.78, 5) is 16.4. The molecule has 0 atom stereocenters. The predicted octanol–water partition coefficient (Wildman–Crippen LogP) is 2.11. The summed E-state index contributed by atoms with van der Waals surface area (Å²) in [7, 11) is -2.13. The zero-order valence-corrected chi connectivity index (χ0v) is 17.8. The van der Waals surface area contributed by atoms with Crippen LogP contribution in [0.4, 0.5) is 0 Å². The Hall–Kier alpha value is -0.310. The summed E-state index contributed by atoms with van der Waals surface area (Å²) in [6, 6.07) is 0. The molecule has 7 nitrogen and oxygen atoms in total. The molecule has 0 aliphatic carbocycles. The van der Waals surface area contributed by atoms with Gasteiger partial charge in [0.2, 0.25) is 0 Å². The van der Waals surface area contributed by atoms with E-state index in [0.29, 0.717) is 22.7 Å². The van der Waals surface area contributed by atoms with Gasteiger partial charge in [-0.1, -0.05) is 40.5 Å². The first-order chi connectivity index (χ1) is 11.2. The normalized spacial score (nSPS) is 9.50. The van der Waals surface area contributed by atoms with Gasteiger partial charge in [0.05, 0.1) is 6.61 Å². The van der Waals surface area contributed by atoms with E-state index >= 15 is 0 Å². The Morgan fingerprint density at radius 3 is 1.54 bits per heavy atom. The molecule has 0 rings (SSSR count). The van der Waals surface area contributed by atoms with Crippen molar-refractivity contribution in [3.8, 4) is 0 Å². The van der Waals surface area contributed by atoms with Gasteiger partial charge in [-0.05, 0) is 43.2 Å².